The van der Waals surface area contributed by atoms with Gasteiger partial charge in [-0.15, -0.1) is 0 Å². The van der Waals surface area contributed by atoms with Gasteiger partial charge in [0.15, 0.2) is 5.67 Å². The lowest BCUT2D eigenvalue weighted by Crippen LogP contribution is -2.25. The van der Waals surface area contributed by atoms with Crippen LogP contribution in [-0.2, 0) is 23.9 Å². The van der Waals surface area contributed by atoms with Gasteiger partial charge in [-0.2, -0.15) is 5.10 Å². The van der Waals surface area contributed by atoms with E-state index in [0.29, 0.717) is 18.5 Å². The number of rotatable bonds is 6. The van der Waals surface area contributed by atoms with Crippen molar-refractivity contribution >= 4 is 6.29 Å². The Kier molecular flexibility index (Phi) is 3.89. The Bertz CT molecular complexity index is 513. The van der Waals surface area contributed by atoms with Crippen molar-refractivity contribution in [1.29, 1.82) is 0 Å². The molecule has 21 heavy (non-hydrogen) atoms. The van der Waals surface area contributed by atoms with Gasteiger partial charge in [-0.3, -0.25) is 4.68 Å². The van der Waals surface area contributed by atoms with Gasteiger partial charge in [0, 0.05) is 18.2 Å². The maximum Gasteiger partial charge on any atom is 0.154 e. The van der Waals surface area contributed by atoms with Crippen molar-refractivity contribution in [2.24, 2.45) is 12.5 Å². The molecule has 0 bridgehead atoms. The molecule has 1 aromatic heterocycles. The fraction of sp³-hybridized carbons (Fsp3) is 0.765. The van der Waals surface area contributed by atoms with Gasteiger partial charge in [0.05, 0.1) is 5.69 Å². The van der Waals surface area contributed by atoms with Crippen molar-refractivity contribution in [3.63, 3.8) is 0 Å². The molecule has 4 heteroatoms. The molecule has 2 aliphatic carbocycles. The molecule has 0 aliphatic heterocycles. The van der Waals surface area contributed by atoms with Crippen molar-refractivity contribution < 1.29 is 9.18 Å². The van der Waals surface area contributed by atoms with E-state index >= 15 is 0 Å². The van der Waals surface area contributed by atoms with Gasteiger partial charge in [0.25, 0.3) is 0 Å². The summed E-state index contributed by atoms with van der Waals surface area (Å²) in [4.78, 5) is 11.5. The van der Waals surface area contributed by atoms with E-state index in [1.165, 1.54) is 25.5 Å². The number of hydrogen-bond acceptors (Lipinski definition) is 2. The number of halogens is 1. The summed E-state index contributed by atoms with van der Waals surface area (Å²) >= 11 is 0. The average molecular weight is 292 g/mol. The lowest BCUT2D eigenvalue weighted by atomic mass is 9.72. The third-order valence-electron chi connectivity index (χ3n) is 5.33. The Morgan fingerprint density at radius 2 is 2.00 bits per heavy atom. The lowest BCUT2D eigenvalue weighted by Gasteiger charge is -2.31. The largest absolute Gasteiger partial charge is 0.303 e. The lowest BCUT2D eigenvalue weighted by molar-refractivity contribution is -0.118. The molecule has 0 atom stereocenters. The van der Waals surface area contributed by atoms with E-state index in [2.05, 4.69) is 5.10 Å². The molecule has 116 valence electrons. The fourth-order valence-electron chi connectivity index (χ4n) is 3.63. The SMILES string of the molecule is Cn1nc(C2(F)CC2)cc1CCCC1(C=O)CCCCC1. The Hall–Kier alpha value is -1.19. The Morgan fingerprint density at radius 3 is 2.62 bits per heavy atom. The van der Waals surface area contributed by atoms with Gasteiger partial charge in [-0.05, 0) is 51.0 Å². The van der Waals surface area contributed by atoms with Gasteiger partial charge < -0.3 is 4.79 Å². The van der Waals surface area contributed by atoms with Gasteiger partial charge in [0.2, 0.25) is 0 Å². The van der Waals surface area contributed by atoms with Crippen LogP contribution in [0.2, 0.25) is 0 Å². The topological polar surface area (TPSA) is 34.9 Å². The summed E-state index contributed by atoms with van der Waals surface area (Å²) in [5.41, 5.74) is 0.453. The first kappa shape index (κ1) is 14.7. The predicted molar refractivity (Wildman–Crippen MR) is 79.7 cm³/mol. The summed E-state index contributed by atoms with van der Waals surface area (Å²) in [6.45, 7) is 0. The Labute approximate surface area is 125 Å². The molecule has 0 N–H and O–H groups in total. The molecule has 1 heterocycles. The second-order valence-electron chi connectivity index (χ2n) is 7.00. The smallest absolute Gasteiger partial charge is 0.154 e. The van der Waals surface area contributed by atoms with Crippen LogP contribution < -0.4 is 0 Å². The summed E-state index contributed by atoms with van der Waals surface area (Å²) < 4.78 is 15.8. The summed E-state index contributed by atoms with van der Waals surface area (Å²) in [5, 5.41) is 4.32. The number of alkyl halides is 1. The minimum absolute atomic E-state index is 0.0858. The first-order valence-corrected chi connectivity index (χ1v) is 8.26. The zero-order chi connectivity index (χ0) is 14.9. The third-order valence-corrected chi connectivity index (χ3v) is 5.33. The van der Waals surface area contributed by atoms with Crippen LogP contribution in [0.4, 0.5) is 4.39 Å². The highest BCUT2D eigenvalue weighted by Crippen LogP contribution is 2.49. The second kappa shape index (κ2) is 5.54. The third kappa shape index (κ3) is 3.04. The minimum Gasteiger partial charge on any atom is -0.303 e. The van der Waals surface area contributed by atoms with Crippen LogP contribution in [0.1, 0.15) is 69.2 Å². The Balaban J connectivity index is 1.57. The molecule has 0 unspecified atom stereocenters. The predicted octanol–water partition coefficient (Wildman–Crippen LogP) is 3.85. The Morgan fingerprint density at radius 1 is 1.29 bits per heavy atom. The zero-order valence-electron chi connectivity index (χ0n) is 12.9. The quantitative estimate of drug-likeness (QED) is 0.746. The van der Waals surface area contributed by atoms with Crippen LogP contribution in [0.25, 0.3) is 0 Å². The molecular formula is C17H25FN2O. The van der Waals surface area contributed by atoms with Crippen LogP contribution >= 0.6 is 0 Å². The van der Waals surface area contributed by atoms with Crippen LogP contribution in [-0.4, -0.2) is 16.1 Å². The molecule has 2 fully saturated rings. The number of aromatic nitrogens is 2. The highest BCUT2D eigenvalue weighted by atomic mass is 19.1. The summed E-state index contributed by atoms with van der Waals surface area (Å²) in [6, 6.07) is 1.92. The monoisotopic (exact) mass is 292 g/mol. The number of nitrogens with zero attached hydrogens (tertiary/aromatic N) is 2. The van der Waals surface area contributed by atoms with E-state index in [1.807, 2.05) is 17.8 Å². The number of carbonyl (C=O) groups is 1. The van der Waals surface area contributed by atoms with Gasteiger partial charge in [-0.1, -0.05) is 19.3 Å². The summed E-state index contributed by atoms with van der Waals surface area (Å²) in [5.74, 6) is 0. The normalized spacial score (nSPS) is 23.0. The van der Waals surface area contributed by atoms with E-state index in [-0.39, 0.29) is 5.41 Å². The molecule has 0 radical (unpaired) electrons. The van der Waals surface area contributed by atoms with Crippen LogP contribution in [0.5, 0.6) is 0 Å². The van der Waals surface area contributed by atoms with E-state index < -0.39 is 5.67 Å². The van der Waals surface area contributed by atoms with E-state index in [9.17, 15) is 9.18 Å². The average Bonchev–Trinajstić information content (AvgIpc) is 3.14. The molecule has 3 nitrogen and oxygen atoms in total. The van der Waals surface area contributed by atoms with Gasteiger partial charge in [-0.25, -0.2) is 4.39 Å². The zero-order valence-corrected chi connectivity index (χ0v) is 12.9. The van der Waals surface area contributed by atoms with Gasteiger partial charge >= 0.3 is 0 Å². The molecular weight excluding hydrogens is 267 g/mol. The molecule has 0 spiro atoms. The summed E-state index contributed by atoms with van der Waals surface area (Å²) in [7, 11) is 1.89. The van der Waals surface area contributed by atoms with Gasteiger partial charge in [0.1, 0.15) is 6.29 Å². The molecule has 0 saturated heterocycles. The molecule has 0 aromatic carbocycles. The van der Waals surface area contributed by atoms with Crippen molar-refractivity contribution in [2.75, 3.05) is 0 Å². The van der Waals surface area contributed by atoms with Crippen LogP contribution in [0.15, 0.2) is 6.07 Å². The minimum atomic E-state index is -1.15. The standard InChI is InChI=1S/C17H25FN2O/c1-20-14(12-15(19-20)17(18)10-11-17)6-5-9-16(13-21)7-3-2-4-8-16/h12-13H,2-11H2,1H3. The molecule has 3 rings (SSSR count). The van der Waals surface area contributed by atoms with Crippen molar-refractivity contribution in [3.8, 4) is 0 Å². The highest BCUT2D eigenvalue weighted by Gasteiger charge is 2.47. The number of hydrogen-bond donors (Lipinski definition) is 0. The van der Waals surface area contributed by atoms with E-state index in [4.69, 9.17) is 0 Å². The molecule has 0 amide bonds. The number of aryl methyl sites for hydroxylation is 2. The maximum atomic E-state index is 14.0. The van der Waals surface area contributed by atoms with E-state index in [1.54, 1.807) is 0 Å². The van der Waals surface area contributed by atoms with E-state index in [0.717, 1.165) is 37.8 Å². The highest BCUT2D eigenvalue weighted by molar-refractivity contribution is 5.59. The first-order valence-electron chi connectivity index (χ1n) is 8.26. The number of carbonyl (C=O) groups excluding carboxylic acids is 1. The van der Waals surface area contributed by atoms with Crippen LogP contribution in [0.3, 0.4) is 0 Å². The van der Waals surface area contributed by atoms with Crippen molar-refractivity contribution in [1.82, 2.24) is 9.78 Å². The maximum absolute atomic E-state index is 14.0. The van der Waals surface area contributed by atoms with Crippen molar-refractivity contribution in [3.05, 3.63) is 17.5 Å². The second-order valence-corrected chi connectivity index (χ2v) is 7.00. The summed E-state index contributed by atoms with van der Waals surface area (Å²) in [6.07, 6.45) is 10.9. The fourth-order valence-corrected chi connectivity index (χ4v) is 3.63. The van der Waals surface area contributed by atoms with Crippen LogP contribution in [0, 0.1) is 5.41 Å². The number of aldehydes is 1. The first-order chi connectivity index (χ1) is 10.1. The molecule has 1 aromatic rings. The molecule has 2 saturated carbocycles. The van der Waals surface area contributed by atoms with Crippen molar-refractivity contribution in [2.45, 2.75) is 69.9 Å². The molecule has 2 aliphatic rings.